The zero-order valence-corrected chi connectivity index (χ0v) is 12.5. The van der Waals surface area contributed by atoms with Gasteiger partial charge in [0.05, 0.1) is 12.5 Å². The Kier molecular flexibility index (Phi) is 11.0. The molecule has 12 heteroatoms. The van der Waals surface area contributed by atoms with Crippen molar-refractivity contribution in [2.75, 3.05) is 0 Å². The van der Waals surface area contributed by atoms with E-state index in [0.29, 0.717) is 0 Å². The summed E-state index contributed by atoms with van der Waals surface area (Å²) in [6, 6.07) is 5.06. The number of oxime groups is 2. The number of rotatable bonds is 6. The average Bonchev–Trinajstić information content (AvgIpc) is 2.59. The van der Waals surface area contributed by atoms with Gasteiger partial charge in [0.15, 0.2) is 11.4 Å². The summed E-state index contributed by atoms with van der Waals surface area (Å²) in [5, 5.41) is 62.9. The van der Waals surface area contributed by atoms with Crippen LogP contribution in [0, 0.1) is 39.4 Å². The van der Waals surface area contributed by atoms with Gasteiger partial charge in [0.25, 0.3) is 0 Å². The van der Waals surface area contributed by atoms with Crippen LogP contribution >= 0.6 is 0 Å². The minimum absolute atomic E-state index is 0.00319. The Morgan fingerprint density at radius 2 is 1.67 bits per heavy atom. The third-order valence-electron chi connectivity index (χ3n) is 2.49. The van der Waals surface area contributed by atoms with Crippen LogP contribution in [0.4, 0.5) is 0 Å². The van der Waals surface area contributed by atoms with Crippen molar-refractivity contribution >= 4 is 17.5 Å². The van der Waals surface area contributed by atoms with E-state index in [-0.39, 0.29) is 30.7 Å². The van der Waals surface area contributed by atoms with E-state index in [1.165, 1.54) is 6.08 Å². The molecule has 24 heavy (non-hydrogen) atoms. The number of amidine groups is 3. The Morgan fingerprint density at radius 1 is 1.12 bits per heavy atom. The third kappa shape index (κ3) is 7.83. The number of nitriles is 3. The van der Waals surface area contributed by atoms with Crippen LogP contribution in [0.5, 0.6) is 0 Å². The molecule has 0 aromatic carbocycles. The molecule has 0 fully saturated rings. The van der Waals surface area contributed by atoms with E-state index in [2.05, 4.69) is 10.3 Å². The summed E-state index contributed by atoms with van der Waals surface area (Å²) in [4.78, 5) is 0. The molecule has 0 rings (SSSR count). The Labute approximate surface area is 137 Å². The molecule has 12 nitrogen and oxygen atoms in total. The number of nitrogens with two attached hydrogens (primary N) is 3. The SMILES string of the molecule is N#CCC=C(C#N)C#N.N=C(N)C(O)(CCC(N)=NO)C(N)=NO. The fourth-order valence-electron chi connectivity index (χ4n) is 1.11. The van der Waals surface area contributed by atoms with E-state index in [9.17, 15) is 5.11 Å². The molecule has 0 heterocycles. The molecule has 0 saturated heterocycles. The van der Waals surface area contributed by atoms with Crippen molar-refractivity contribution in [3.05, 3.63) is 11.6 Å². The van der Waals surface area contributed by atoms with Gasteiger partial charge in [-0.1, -0.05) is 10.3 Å². The number of nitrogens with one attached hydrogen (secondary N) is 1. The number of nitrogens with zero attached hydrogens (tertiary/aromatic N) is 5. The van der Waals surface area contributed by atoms with E-state index in [0.717, 1.165) is 0 Å². The monoisotopic (exact) mass is 335 g/mol. The van der Waals surface area contributed by atoms with Crippen molar-refractivity contribution in [2.45, 2.75) is 24.9 Å². The zero-order valence-electron chi connectivity index (χ0n) is 12.5. The fraction of sp³-hybridized carbons (Fsp3) is 0.333. The van der Waals surface area contributed by atoms with E-state index in [4.69, 9.17) is 48.8 Å². The van der Waals surface area contributed by atoms with Crippen molar-refractivity contribution in [3.63, 3.8) is 0 Å². The number of hydrogen-bond acceptors (Lipinski definition) is 9. The highest BCUT2D eigenvalue weighted by atomic mass is 16.4. The predicted octanol–water partition coefficient (Wildman–Crippen LogP) is -1.20. The van der Waals surface area contributed by atoms with E-state index >= 15 is 0 Å². The zero-order chi connectivity index (χ0) is 19.2. The molecule has 128 valence electrons. The van der Waals surface area contributed by atoms with Gasteiger partial charge in [0.1, 0.15) is 29.4 Å². The minimum atomic E-state index is -2.09. The van der Waals surface area contributed by atoms with Crippen molar-refractivity contribution in [1.29, 1.82) is 21.2 Å². The molecule has 1 atom stereocenters. The summed E-state index contributed by atoms with van der Waals surface area (Å²) in [6.07, 6.45) is 1.12. The molecule has 0 spiro atoms. The first kappa shape index (κ1) is 22.5. The maximum absolute atomic E-state index is 9.74. The summed E-state index contributed by atoms with van der Waals surface area (Å²) in [5.41, 5.74) is 13.3. The molecule has 0 radical (unpaired) electrons. The number of allylic oxidation sites excluding steroid dienone is 2. The van der Waals surface area contributed by atoms with Crippen LogP contribution in [0.15, 0.2) is 22.0 Å². The van der Waals surface area contributed by atoms with Gasteiger partial charge in [0, 0.05) is 6.42 Å². The molecule has 0 saturated carbocycles. The lowest BCUT2D eigenvalue weighted by Crippen LogP contribution is -2.54. The van der Waals surface area contributed by atoms with Gasteiger partial charge in [-0.3, -0.25) is 5.41 Å². The molecule has 10 N–H and O–H groups in total. The topological polar surface area (TPSA) is 259 Å². The highest BCUT2D eigenvalue weighted by molar-refractivity contribution is 6.10. The normalized spacial score (nSPS) is 12.9. The Hall–Kier alpha value is -3.82. The lowest BCUT2D eigenvalue weighted by atomic mass is 9.95. The quantitative estimate of drug-likeness (QED) is 0.101. The maximum atomic E-state index is 9.74. The Morgan fingerprint density at radius 3 is 2.00 bits per heavy atom. The second kappa shape index (κ2) is 11.8. The van der Waals surface area contributed by atoms with Crippen LogP contribution in [0.2, 0.25) is 0 Å². The second-order valence-corrected chi connectivity index (χ2v) is 4.05. The van der Waals surface area contributed by atoms with E-state index < -0.39 is 17.3 Å². The van der Waals surface area contributed by atoms with Crippen molar-refractivity contribution < 1.29 is 15.5 Å². The van der Waals surface area contributed by atoms with E-state index in [1.807, 2.05) is 0 Å². The van der Waals surface area contributed by atoms with Gasteiger partial charge in [-0.05, 0) is 12.5 Å². The Balaban J connectivity index is 0. The second-order valence-electron chi connectivity index (χ2n) is 4.05. The molecule has 1 unspecified atom stereocenters. The lowest BCUT2D eigenvalue weighted by molar-refractivity contribution is 0.164. The van der Waals surface area contributed by atoms with Crippen LogP contribution in [0.25, 0.3) is 0 Å². The van der Waals surface area contributed by atoms with Crippen LogP contribution in [0.3, 0.4) is 0 Å². The van der Waals surface area contributed by atoms with Crippen LogP contribution in [-0.2, 0) is 0 Å². The van der Waals surface area contributed by atoms with Gasteiger partial charge in [-0.15, -0.1) is 0 Å². The molecule has 0 aliphatic rings. The fourth-order valence-corrected chi connectivity index (χ4v) is 1.11. The van der Waals surface area contributed by atoms with Crippen molar-refractivity contribution in [1.82, 2.24) is 0 Å². The van der Waals surface area contributed by atoms with Gasteiger partial charge in [-0.25, -0.2) is 0 Å². The lowest BCUT2D eigenvalue weighted by Gasteiger charge is -2.24. The highest BCUT2D eigenvalue weighted by Gasteiger charge is 2.36. The molecule has 0 aliphatic heterocycles. The third-order valence-corrected chi connectivity index (χ3v) is 2.49. The largest absolute Gasteiger partial charge is 0.409 e. The summed E-state index contributed by atoms with van der Waals surface area (Å²) in [7, 11) is 0. The summed E-state index contributed by atoms with van der Waals surface area (Å²) < 4.78 is 0. The van der Waals surface area contributed by atoms with Gasteiger partial charge < -0.3 is 32.7 Å². The molecule has 0 bridgehead atoms. The van der Waals surface area contributed by atoms with Gasteiger partial charge >= 0.3 is 0 Å². The molecular weight excluding hydrogens is 318 g/mol. The number of aliphatic hydroxyl groups is 1. The first-order chi connectivity index (χ1) is 11.2. The Bertz CT molecular complexity index is 632. The molecule has 0 aliphatic carbocycles. The highest BCUT2D eigenvalue weighted by Crippen LogP contribution is 2.13. The summed E-state index contributed by atoms with van der Waals surface area (Å²) in [6.45, 7) is 0. The smallest absolute Gasteiger partial charge is 0.182 e. The van der Waals surface area contributed by atoms with Crippen LogP contribution in [-0.4, -0.2) is 38.6 Å². The summed E-state index contributed by atoms with van der Waals surface area (Å²) in [5.74, 6) is -1.48. The molecule has 0 amide bonds. The van der Waals surface area contributed by atoms with Gasteiger partial charge in [0.2, 0.25) is 0 Å². The van der Waals surface area contributed by atoms with Crippen LogP contribution in [0.1, 0.15) is 19.3 Å². The average molecular weight is 335 g/mol. The molecular formula is C12H17N9O3. The first-order valence-electron chi connectivity index (χ1n) is 6.12. The standard InChI is InChI=1S/C6H14N6O3.C6H3N3/c7-3(11-14)1-2-6(13,4(8)9)5(10)12-15;7-3-1-2-6(4-8)5-9/h13-15H,1-2H2,(H2,7,11)(H3,8,9)(H2,10,12);2H,1H2. The minimum Gasteiger partial charge on any atom is -0.409 e. The van der Waals surface area contributed by atoms with Crippen molar-refractivity contribution in [2.24, 2.45) is 27.5 Å². The van der Waals surface area contributed by atoms with Gasteiger partial charge in [-0.2, -0.15) is 15.8 Å². The first-order valence-corrected chi connectivity index (χ1v) is 6.12. The maximum Gasteiger partial charge on any atom is 0.182 e. The van der Waals surface area contributed by atoms with Crippen LogP contribution < -0.4 is 17.2 Å². The predicted molar refractivity (Wildman–Crippen MR) is 82.5 cm³/mol. The summed E-state index contributed by atoms with van der Waals surface area (Å²) >= 11 is 0. The van der Waals surface area contributed by atoms with E-state index in [1.54, 1.807) is 18.2 Å². The molecule has 0 aromatic rings. The molecule has 0 aromatic heterocycles. The van der Waals surface area contributed by atoms with Crippen molar-refractivity contribution in [3.8, 4) is 18.2 Å². The number of hydrogen-bond donors (Lipinski definition) is 7.